The number of thiophene rings is 1. The zero-order chi connectivity index (χ0) is 14.4. The minimum atomic E-state index is 0.445. The summed E-state index contributed by atoms with van der Waals surface area (Å²) in [5, 5.41) is 1.39. The number of benzene rings is 1. The first-order valence-corrected chi connectivity index (χ1v) is 8.39. The molecule has 0 saturated heterocycles. The highest BCUT2D eigenvalue weighted by molar-refractivity contribution is 7.19. The van der Waals surface area contributed by atoms with E-state index >= 15 is 0 Å². The highest BCUT2D eigenvalue weighted by Crippen LogP contribution is 2.50. The quantitative estimate of drug-likeness (QED) is 0.704. The first-order valence-electron chi connectivity index (χ1n) is 7.58. The molecular weight excluding hydrogens is 274 g/mol. The van der Waals surface area contributed by atoms with Gasteiger partial charge in [-0.15, -0.1) is 11.3 Å². The fourth-order valence-corrected chi connectivity index (χ4v) is 4.90. The van der Waals surface area contributed by atoms with Gasteiger partial charge in [-0.3, -0.25) is 0 Å². The summed E-state index contributed by atoms with van der Waals surface area (Å²) in [7, 11) is 2.24. The van der Waals surface area contributed by atoms with Crippen LogP contribution in [0.25, 0.3) is 16.2 Å². The van der Waals surface area contributed by atoms with Gasteiger partial charge in [-0.05, 0) is 37.0 Å². The van der Waals surface area contributed by atoms with Gasteiger partial charge in [-0.2, -0.15) is 0 Å². The number of rotatable bonds is 2. The van der Waals surface area contributed by atoms with Crippen LogP contribution in [0.4, 0.5) is 0 Å². The van der Waals surface area contributed by atoms with Crippen molar-refractivity contribution in [2.24, 2.45) is 0 Å². The number of hydrogen-bond donors (Lipinski definition) is 0. The van der Waals surface area contributed by atoms with Crippen LogP contribution in [0, 0.1) is 0 Å². The van der Waals surface area contributed by atoms with E-state index in [1.807, 2.05) is 11.3 Å². The van der Waals surface area contributed by atoms with Gasteiger partial charge in [0.25, 0.3) is 0 Å². The molecule has 1 nitrogen and oxygen atoms in total. The summed E-state index contributed by atoms with van der Waals surface area (Å²) in [4.78, 5) is 3.96. The van der Waals surface area contributed by atoms with E-state index in [2.05, 4.69) is 67.4 Å². The van der Waals surface area contributed by atoms with Crippen LogP contribution in [-0.2, 0) is 0 Å². The molecule has 1 aromatic heterocycles. The van der Waals surface area contributed by atoms with E-state index < -0.39 is 0 Å². The standard InChI is InChI=1S/C19H19NS/c1-3-8-14-13-9-5-7-12-17(13)21-19(14)18-15-10-4-6-11-16(15)20(18)2/h3-5,7-10,12,18H,6,11H2,1-2H3/b8-3-. The molecule has 2 heterocycles. The molecule has 4 rings (SSSR count). The minimum Gasteiger partial charge on any atom is -0.366 e. The Morgan fingerprint density at radius 3 is 3.00 bits per heavy atom. The van der Waals surface area contributed by atoms with Gasteiger partial charge in [0.1, 0.15) is 0 Å². The molecule has 0 radical (unpaired) electrons. The lowest BCUT2D eigenvalue weighted by molar-refractivity contribution is 0.273. The Bertz CT molecular complexity index is 791. The molecule has 2 aromatic rings. The van der Waals surface area contributed by atoms with Gasteiger partial charge < -0.3 is 4.90 Å². The first-order chi connectivity index (χ1) is 10.3. The SMILES string of the molecule is C/C=C\c1c(C2C3=C(CCC=C3)N2C)sc2ccccc12. The highest BCUT2D eigenvalue weighted by atomic mass is 32.1. The third-order valence-electron chi connectivity index (χ3n) is 4.53. The molecule has 0 bridgehead atoms. The summed E-state index contributed by atoms with van der Waals surface area (Å²) >= 11 is 1.95. The van der Waals surface area contributed by atoms with Crippen LogP contribution in [0.3, 0.4) is 0 Å². The lowest BCUT2D eigenvalue weighted by Crippen LogP contribution is -2.37. The number of fused-ring (bicyclic) bond motifs is 1. The second-order valence-corrected chi connectivity index (χ2v) is 6.82. The van der Waals surface area contributed by atoms with Crippen LogP contribution >= 0.6 is 11.3 Å². The van der Waals surface area contributed by atoms with Crippen molar-refractivity contribution >= 4 is 27.5 Å². The Morgan fingerprint density at radius 1 is 1.29 bits per heavy atom. The van der Waals surface area contributed by atoms with Crippen LogP contribution in [0.5, 0.6) is 0 Å². The second kappa shape index (κ2) is 4.88. The molecule has 2 heteroatoms. The molecule has 1 unspecified atom stereocenters. The molecule has 0 spiro atoms. The normalized spacial score (nSPS) is 21.2. The molecule has 106 valence electrons. The second-order valence-electron chi connectivity index (χ2n) is 5.73. The van der Waals surface area contributed by atoms with E-state index in [1.165, 1.54) is 44.6 Å². The van der Waals surface area contributed by atoms with E-state index in [1.54, 1.807) is 0 Å². The topological polar surface area (TPSA) is 3.24 Å². The van der Waals surface area contributed by atoms with Gasteiger partial charge in [0, 0.05) is 27.7 Å². The van der Waals surface area contributed by atoms with E-state index in [0.29, 0.717) is 6.04 Å². The van der Waals surface area contributed by atoms with Crippen molar-refractivity contribution in [3.63, 3.8) is 0 Å². The van der Waals surface area contributed by atoms with Crippen molar-refractivity contribution in [3.05, 3.63) is 64.2 Å². The van der Waals surface area contributed by atoms with E-state index in [0.717, 1.165) is 0 Å². The summed E-state index contributed by atoms with van der Waals surface area (Å²) in [6.45, 7) is 2.10. The highest BCUT2D eigenvalue weighted by Gasteiger charge is 2.37. The molecule has 0 saturated carbocycles. The van der Waals surface area contributed by atoms with Crippen molar-refractivity contribution in [2.45, 2.75) is 25.8 Å². The van der Waals surface area contributed by atoms with Gasteiger partial charge in [0.15, 0.2) is 0 Å². The first kappa shape index (κ1) is 12.9. The minimum absolute atomic E-state index is 0.445. The molecule has 1 aromatic carbocycles. The Labute approximate surface area is 129 Å². The maximum absolute atomic E-state index is 2.47. The molecule has 0 N–H and O–H groups in total. The average Bonchev–Trinajstić information content (AvgIpc) is 2.86. The summed E-state index contributed by atoms with van der Waals surface area (Å²) in [6, 6.07) is 9.20. The van der Waals surface area contributed by atoms with Crippen molar-refractivity contribution in [1.82, 2.24) is 4.90 Å². The van der Waals surface area contributed by atoms with E-state index in [9.17, 15) is 0 Å². The van der Waals surface area contributed by atoms with Crippen LogP contribution in [0.2, 0.25) is 0 Å². The summed E-state index contributed by atoms with van der Waals surface area (Å²) in [5.74, 6) is 0. The predicted octanol–water partition coefficient (Wildman–Crippen LogP) is 5.53. The lowest BCUT2D eigenvalue weighted by Gasteiger charge is -2.45. The molecule has 2 aliphatic rings. The Morgan fingerprint density at radius 2 is 2.14 bits per heavy atom. The molecular formula is C19H19NS. The van der Waals surface area contributed by atoms with Gasteiger partial charge in [0.05, 0.1) is 6.04 Å². The van der Waals surface area contributed by atoms with Gasteiger partial charge in [0.2, 0.25) is 0 Å². The molecule has 1 aliphatic heterocycles. The summed E-state index contributed by atoms with van der Waals surface area (Å²) in [6.07, 6.45) is 11.5. The largest absolute Gasteiger partial charge is 0.366 e. The Kier molecular flexibility index (Phi) is 3.00. The van der Waals surface area contributed by atoms with Crippen LogP contribution < -0.4 is 0 Å². The van der Waals surface area contributed by atoms with Crippen molar-refractivity contribution in [3.8, 4) is 0 Å². The average molecular weight is 293 g/mol. The van der Waals surface area contributed by atoms with E-state index in [4.69, 9.17) is 0 Å². The fraction of sp³-hybridized carbons (Fsp3) is 0.263. The monoisotopic (exact) mass is 293 g/mol. The molecule has 0 fully saturated rings. The number of likely N-dealkylation sites (N-methyl/N-ethyl adjacent to an activating group) is 1. The maximum Gasteiger partial charge on any atom is 0.0905 e. The van der Waals surface area contributed by atoms with Crippen molar-refractivity contribution < 1.29 is 0 Å². The Hall–Kier alpha value is -1.80. The maximum atomic E-state index is 2.47. The molecule has 1 aliphatic carbocycles. The van der Waals surface area contributed by atoms with Gasteiger partial charge >= 0.3 is 0 Å². The fourth-order valence-electron chi connectivity index (χ4n) is 3.54. The van der Waals surface area contributed by atoms with Gasteiger partial charge in [-0.1, -0.05) is 42.5 Å². The molecule has 1 atom stereocenters. The van der Waals surface area contributed by atoms with Crippen molar-refractivity contribution in [2.75, 3.05) is 7.05 Å². The third-order valence-corrected chi connectivity index (χ3v) is 5.77. The lowest BCUT2D eigenvalue weighted by atomic mass is 9.85. The zero-order valence-electron chi connectivity index (χ0n) is 12.5. The Balaban J connectivity index is 1.90. The van der Waals surface area contributed by atoms with Crippen LogP contribution in [-0.4, -0.2) is 11.9 Å². The predicted molar refractivity (Wildman–Crippen MR) is 92.4 cm³/mol. The zero-order valence-corrected chi connectivity index (χ0v) is 13.3. The number of nitrogens with zero attached hydrogens (tertiary/aromatic N) is 1. The van der Waals surface area contributed by atoms with Crippen molar-refractivity contribution in [1.29, 1.82) is 0 Å². The summed E-state index contributed by atoms with van der Waals surface area (Å²) in [5.41, 5.74) is 4.47. The molecule has 0 amide bonds. The van der Waals surface area contributed by atoms with Crippen LogP contribution in [0.15, 0.2) is 53.8 Å². The van der Waals surface area contributed by atoms with E-state index in [-0.39, 0.29) is 0 Å². The third kappa shape index (κ3) is 1.82. The number of allylic oxidation sites excluding steroid dienone is 3. The van der Waals surface area contributed by atoms with Gasteiger partial charge in [-0.25, -0.2) is 0 Å². The number of hydrogen-bond acceptors (Lipinski definition) is 2. The molecule has 21 heavy (non-hydrogen) atoms. The summed E-state index contributed by atoms with van der Waals surface area (Å²) < 4.78 is 1.39. The smallest absolute Gasteiger partial charge is 0.0905 e. The van der Waals surface area contributed by atoms with Crippen LogP contribution in [0.1, 0.15) is 36.2 Å².